The Morgan fingerprint density at radius 1 is 1.10 bits per heavy atom. The fourth-order valence-electron chi connectivity index (χ4n) is 2.43. The first kappa shape index (κ1) is 20.3. The highest BCUT2D eigenvalue weighted by Crippen LogP contribution is 2.28. The predicted molar refractivity (Wildman–Crippen MR) is 102 cm³/mol. The van der Waals surface area contributed by atoms with Gasteiger partial charge in [-0.05, 0) is 31.2 Å². The van der Waals surface area contributed by atoms with Gasteiger partial charge in [0.15, 0.2) is 0 Å². The maximum Gasteiger partial charge on any atom is 0.573 e. The summed E-state index contributed by atoms with van der Waals surface area (Å²) in [5, 5.41) is 15.2. The van der Waals surface area contributed by atoms with Gasteiger partial charge in [-0.2, -0.15) is 4.98 Å². The second kappa shape index (κ2) is 8.74. The zero-order chi connectivity index (χ0) is 20.9. The number of rotatable bonds is 7. The van der Waals surface area contributed by atoms with Crippen LogP contribution in [0.2, 0.25) is 0 Å². The molecule has 0 fully saturated rings. The lowest BCUT2D eigenvalue weighted by Crippen LogP contribution is -2.21. The molecule has 3 rings (SSSR count). The van der Waals surface area contributed by atoms with Gasteiger partial charge in [-0.1, -0.05) is 6.07 Å². The number of benzene rings is 1. The molecule has 2 heterocycles. The van der Waals surface area contributed by atoms with E-state index in [1.807, 2.05) is 0 Å². The maximum atomic E-state index is 12.5. The van der Waals surface area contributed by atoms with Gasteiger partial charge in [-0.3, -0.25) is 4.98 Å². The molecule has 0 radical (unpaired) electrons. The largest absolute Gasteiger partial charge is 0.573 e. The zero-order valence-electron chi connectivity index (χ0n) is 15.3. The van der Waals surface area contributed by atoms with Crippen LogP contribution in [-0.2, 0) is 0 Å². The summed E-state index contributed by atoms with van der Waals surface area (Å²) in [5.74, 6) is 0.257. The van der Waals surface area contributed by atoms with Gasteiger partial charge in [0.1, 0.15) is 11.6 Å². The molecule has 1 aromatic carbocycles. The van der Waals surface area contributed by atoms with Gasteiger partial charge in [0.2, 0.25) is 5.95 Å². The monoisotopic (exact) mass is 405 g/mol. The Morgan fingerprint density at radius 3 is 2.55 bits per heavy atom. The molecule has 3 aromatic rings. The van der Waals surface area contributed by atoms with E-state index in [1.54, 1.807) is 43.6 Å². The smallest absolute Gasteiger partial charge is 0.406 e. The highest BCUT2D eigenvalue weighted by Gasteiger charge is 2.31. The number of pyridine rings is 1. The molecule has 0 saturated carbocycles. The summed E-state index contributed by atoms with van der Waals surface area (Å²) in [6.07, 6.45) is -1.54. The number of ether oxygens (including phenoxy) is 1. The molecule has 3 N–H and O–H groups in total. The molecule has 0 aliphatic rings. The number of nitrogens with zero attached hydrogens (tertiary/aromatic N) is 3. The first-order valence-electron chi connectivity index (χ1n) is 8.62. The van der Waals surface area contributed by atoms with Crippen molar-refractivity contribution >= 4 is 17.5 Å². The Hall–Kier alpha value is -3.40. The number of hydrogen-bond donors (Lipinski definition) is 3. The fraction of sp³-hybridized carbons (Fsp3) is 0.211. The van der Waals surface area contributed by atoms with Crippen LogP contribution in [-0.4, -0.2) is 39.1 Å². The van der Waals surface area contributed by atoms with E-state index in [1.165, 1.54) is 18.2 Å². The summed E-state index contributed by atoms with van der Waals surface area (Å²) in [6, 6.07) is 10.3. The van der Waals surface area contributed by atoms with Gasteiger partial charge in [0.25, 0.3) is 0 Å². The first-order valence-corrected chi connectivity index (χ1v) is 8.62. The van der Waals surface area contributed by atoms with E-state index in [-0.39, 0.29) is 24.3 Å². The number of aromatic nitrogens is 3. The zero-order valence-corrected chi connectivity index (χ0v) is 15.3. The number of aliphatic hydroxyl groups excluding tert-OH is 1. The average Bonchev–Trinajstić information content (AvgIpc) is 2.67. The van der Waals surface area contributed by atoms with Crippen LogP contribution in [0, 0.1) is 0 Å². The van der Waals surface area contributed by atoms with Crippen LogP contribution < -0.4 is 15.4 Å². The molecule has 0 spiro atoms. The fourth-order valence-corrected chi connectivity index (χ4v) is 2.43. The van der Waals surface area contributed by atoms with Crippen molar-refractivity contribution < 1.29 is 23.0 Å². The molecule has 0 amide bonds. The number of hydrogen-bond acceptors (Lipinski definition) is 7. The SMILES string of the molecule is C[C@@H](CO)Nc1nc(Nc2cccc(OC(F)(F)F)c2)cc(-c2ccncc2)n1. The lowest BCUT2D eigenvalue weighted by molar-refractivity contribution is -0.274. The van der Waals surface area contributed by atoms with Crippen molar-refractivity contribution in [1.82, 2.24) is 15.0 Å². The van der Waals surface area contributed by atoms with E-state index in [0.29, 0.717) is 17.2 Å². The van der Waals surface area contributed by atoms with Crippen LogP contribution in [0.25, 0.3) is 11.3 Å². The highest BCUT2D eigenvalue weighted by molar-refractivity contribution is 5.67. The van der Waals surface area contributed by atoms with Crippen LogP contribution >= 0.6 is 0 Å². The summed E-state index contributed by atoms with van der Waals surface area (Å²) >= 11 is 0. The van der Waals surface area contributed by atoms with Crippen molar-refractivity contribution in [2.24, 2.45) is 0 Å². The van der Waals surface area contributed by atoms with E-state index in [0.717, 1.165) is 5.56 Å². The lowest BCUT2D eigenvalue weighted by atomic mass is 10.2. The Labute approximate surface area is 164 Å². The molecule has 29 heavy (non-hydrogen) atoms. The highest BCUT2D eigenvalue weighted by atomic mass is 19.4. The van der Waals surface area contributed by atoms with Crippen molar-refractivity contribution in [3.05, 3.63) is 54.9 Å². The van der Waals surface area contributed by atoms with E-state index in [2.05, 4.69) is 30.3 Å². The lowest BCUT2D eigenvalue weighted by Gasteiger charge is -2.15. The average molecular weight is 405 g/mol. The number of anilines is 3. The third kappa shape index (κ3) is 6.04. The molecule has 0 unspecified atom stereocenters. The normalized spacial score (nSPS) is 12.3. The van der Waals surface area contributed by atoms with Gasteiger partial charge >= 0.3 is 6.36 Å². The molecule has 1 atom stereocenters. The minimum absolute atomic E-state index is 0.123. The van der Waals surface area contributed by atoms with E-state index in [4.69, 9.17) is 0 Å². The molecule has 0 aliphatic heterocycles. The number of aliphatic hydroxyl groups is 1. The summed E-state index contributed by atoms with van der Waals surface area (Å²) in [7, 11) is 0. The quantitative estimate of drug-likeness (QED) is 0.548. The third-order valence-corrected chi connectivity index (χ3v) is 3.69. The van der Waals surface area contributed by atoms with Gasteiger partial charge in [-0.25, -0.2) is 4.98 Å². The van der Waals surface area contributed by atoms with Crippen LogP contribution in [0.3, 0.4) is 0 Å². The summed E-state index contributed by atoms with van der Waals surface area (Å²) in [5.41, 5.74) is 1.70. The Bertz CT molecular complexity index is 954. The van der Waals surface area contributed by atoms with Gasteiger partial charge in [-0.15, -0.1) is 13.2 Å². The molecule has 0 aliphatic carbocycles. The third-order valence-electron chi connectivity index (χ3n) is 3.69. The number of halogens is 3. The van der Waals surface area contributed by atoms with Crippen molar-refractivity contribution in [2.75, 3.05) is 17.2 Å². The van der Waals surface area contributed by atoms with Gasteiger partial charge in [0.05, 0.1) is 12.3 Å². The van der Waals surface area contributed by atoms with Crippen molar-refractivity contribution in [3.8, 4) is 17.0 Å². The Kier molecular flexibility index (Phi) is 6.13. The van der Waals surface area contributed by atoms with Crippen LogP contribution in [0.5, 0.6) is 5.75 Å². The topological polar surface area (TPSA) is 92.2 Å². The van der Waals surface area contributed by atoms with Crippen molar-refractivity contribution in [1.29, 1.82) is 0 Å². The number of nitrogens with one attached hydrogen (secondary N) is 2. The summed E-state index contributed by atoms with van der Waals surface area (Å²) < 4.78 is 41.3. The Morgan fingerprint density at radius 2 is 1.86 bits per heavy atom. The number of alkyl halides is 3. The summed E-state index contributed by atoms with van der Waals surface area (Å²) in [6.45, 7) is 1.63. The van der Waals surface area contributed by atoms with Crippen LogP contribution in [0.15, 0.2) is 54.9 Å². The molecule has 152 valence electrons. The van der Waals surface area contributed by atoms with Gasteiger partial charge in [0, 0.05) is 41.8 Å². The molecule has 0 saturated heterocycles. The minimum atomic E-state index is -4.78. The molecular weight excluding hydrogens is 387 g/mol. The Balaban J connectivity index is 1.92. The van der Waals surface area contributed by atoms with Crippen molar-refractivity contribution in [3.63, 3.8) is 0 Å². The molecule has 0 bridgehead atoms. The second-order valence-electron chi connectivity index (χ2n) is 6.13. The first-order chi connectivity index (χ1) is 13.8. The van der Waals surface area contributed by atoms with Crippen molar-refractivity contribution in [2.45, 2.75) is 19.3 Å². The standard InChI is InChI=1S/C19H18F3N5O2/c1-12(11-28)24-18-26-16(13-5-7-23-8-6-13)10-17(27-18)25-14-3-2-4-15(9-14)29-19(20,21)22/h2-10,12,28H,11H2,1H3,(H2,24,25,26,27)/t12-/m0/s1. The molecule has 10 heteroatoms. The maximum absolute atomic E-state index is 12.5. The summed E-state index contributed by atoms with van der Waals surface area (Å²) in [4.78, 5) is 12.7. The van der Waals surface area contributed by atoms with Gasteiger partial charge < -0.3 is 20.5 Å². The van der Waals surface area contributed by atoms with E-state index >= 15 is 0 Å². The molecule has 2 aromatic heterocycles. The van der Waals surface area contributed by atoms with E-state index in [9.17, 15) is 18.3 Å². The minimum Gasteiger partial charge on any atom is -0.406 e. The molecular formula is C19H18F3N5O2. The second-order valence-corrected chi connectivity index (χ2v) is 6.13. The van der Waals surface area contributed by atoms with Crippen LogP contribution in [0.1, 0.15) is 6.92 Å². The van der Waals surface area contributed by atoms with Crippen LogP contribution in [0.4, 0.5) is 30.6 Å². The van der Waals surface area contributed by atoms with E-state index < -0.39 is 6.36 Å². The predicted octanol–water partition coefficient (Wildman–Crippen LogP) is 3.97. The molecule has 7 nitrogen and oxygen atoms in total.